The van der Waals surface area contributed by atoms with Gasteiger partial charge in [-0.15, -0.1) is 0 Å². The van der Waals surface area contributed by atoms with E-state index in [4.69, 9.17) is 5.26 Å². The highest BCUT2D eigenvalue weighted by molar-refractivity contribution is 5.20. The molecule has 0 heterocycles. The van der Waals surface area contributed by atoms with E-state index < -0.39 is 21.6 Å². The molecule has 0 N–H and O–H groups in total. The topological polar surface area (TPSA) is 110 Å². The first-order valence-corrected chi connectivity index (χ1v) is 2.25. The minimum atomic E-state index is -1.15. The van der Waals surface area contributed by atoms with Gasteiger partial charge in [0.2, 0.25) is 0 Å². The molecular formula is C4H2N3O4. The van der Waals surface area contributed by atoms with Crippen LogP contribution in [0.5, 0.6) is 0 Å². The van der Waals surface area contributed by atoms with Crippen molar-refractivity contribution in [3.05, 3.63) is 38.5 Å². The zero-order valence-electron chi connectivity index (χ0n) is 5.18. The molecule has 7 nitrogen and oxygen atoms in total. The predicted molar refractivity (Wildman–Crippen MR) is 32.0 cm³/mol. The fraction of sp³-hybridized carbons (Fsp3) is 0. The van der Waals surface area contributed by atoms with Crippen LogP contribution >= 0.6 is 0 Å². The summed E-state index contributed by atoms with van der Waals surface area (Å²) in [6.07, 6.45) is 0. The lowest BCUT2D eigenvalue weighted by atomic mass is 10.3. The number of nitrogens with zero attached hydrogens (tertiary/aromatic N) is 3. The smallest absolute Gasteiger partial charge is 0.262 e. The molecule has 11 heavy (non-hydrogen) atoms. The zero-order chi connectivity index (χ0) is 9.02. The van der Waals surface area contributed by atoms with Crippen LogP contribution in [0.1, 0.15) is 0 Å². The summed E-state index contributed by atoms with van der Waals surface area (Å²) in [6.45, 7) is 2.75. The van der Waals surface area contributed by atoms with Crippen molar-refractivity contribution in [2.24, 2.45) is 0 Å². The molecule has 57 valence electrons. The van der Waals surface area contributed by atoms with Crippen molar-refractivity contribution in [2.75, 3.05) is 0 Å². The van der Waals surface area contributed by atoms with E-state index in [1.54, 1.807) is 0 Å². The Bertz CT molecular complexity index is 253. The van der Waals surface area contributed by atoms with Gasteiger partial charge < -0.3 is 0 Å². The van der Waals surface area contributed by atoms with E-state index in [9.17, 15) is 20.2 Å². The van der Waals surface area contributed by atoms with Gasteiger partial charge in [-0.25, -0.2) is 0 Å². The maximum atomic E-state index is 9.86. The first-order chi connectivity index (χ1) is 5.00. The standard InChI is InChI=1S/C4H2N3O4/c1-3(6(8)9)4(2-5)7(10)11/h1H2. The number of nitriles is 1. The van der Waals surface area contributed by atoms with E-state index in [0.717, 1.165) is 6.07 Å². The number of hydrogen-bond donors (Lipinski definition) is 0. The Balaban J connectivity index is 4.56. The normalized spacial score (nSPS) is 8.73. The van der Waals surface area contributed by atoms with Crippen molar-refractivity contribution in [3.63, 3.8) is 0 Å². The number of rotatable bonds is 3. The van der Waals surface area contributed by atoms with Gasteiger partial charge in [0.25, 0.3) is 0 Å². The highest BCUT2D eigenvalue weighted by Crippen LogP contribution is 2.10. The molecule has 0 saturated carbocycles. The molecule has 0 atom stereocenters. The molecule has 0 rings (SSSR count). The summed E-state index contributed by atoms with van der Waals surface area (Å²) in [5.41, 5.74) is -1.00. The van der Waals surface area contributed by atoms with Gasteiger partial charge in [-0.3, -0.25) is 20.2 Å². The minimum Gasteiger partial charge on any atom is -0.262 e. The fourth-order valence-corrected chi connectivity index (χ4v) is 0.297. The lowest BCUT2D eigenvalue weighted by molar-refractivity contribution is -0.500. The second-order valence-corrected chi connectivity index (χ2v) is 1.42. The average molecular weight is 156 g/mol. The summed E-state index contributed by atoms with van der Waals surface area (Å²) in [7, 11) is 0. The quantitative estimate of drug-likeness (QED) is 0.425. The van der Waals surface area contributed by atoms with Gasteiger partial charge in [0.05, 0.1) is 9.85 Å². The highest BCUT2D eigenvalue weighted by Gasteiger charge is 2.37. The summed E-state index contributed by atoms with van der Waals surface area (Å²) in [4.78, 5) is 17.5. The van der Waals surface area contributed by atoms with Gasteiger partial charge in [-0.2, -0.15) is 5.26 Å². The number of hydrogen-bond acceptors (Lipinski definition) is 5. The van der Waals surface area contributed by atoms with Crippen LogP contribution in [0.3, 0.4) is 0 Å². The molecule has 1 radical (unpaired) electrons. The molecule has 0 fully saturated rings. The average Bonchev–Trinajstić information content (AvgIpc) is 1.88. The van der Waals surface area contributed by atoms with Crippen LogP contribution in [-0.2, 0) is 0 Å². The first-order valence-electron chi connectivity index (χ1n) is 2.25. The van der Waals surface area contributed by atoms with Gasteiger partial charge in [-0.05, 0) is 6.58 Å². The summed E-state index contributed by atoms with van der Waals surface area (Å²) in [6, 6.07) is -0.0845. The van der Waals surface area contributed by atoms with Crippen LogP contribution in [0.2, 0.25) is 0 Å². The Hall–Kier alpha value is -1.97. The summed E-state index contributed by atoms with van der Waals surface area (Å²) in [5, 5.41) is 27.7. The lowest BCUT2D eigenvalue weighted by Gasteiger charge is -1.91. The SMILES string of the molecule is C=C([C](C#N)[N+](=O)[O-])[N+](=O)[O-]. The van der Waals surface area contributed by atoms with Crippen molar-refractivity contribution in [1.82, 2.24) is 0 Å². The molecule has 0 aromatic heterocycles. The van der Waals surface area contributed by atoms with Crippen LogP contribution in [0.15, 0.2) is 12.3 Å². The third kappa shape index (κ3) is 2.02. The summed E-state index contributed by atoms with van der Waals surface area (Å²) >= 11 is 0. The zero-order valence-corrected chi connectivity index (χ0v) is 5.18. The number of nitro groups is 2. The molecule has 0 aromatic carbocycles. The molecule has 0 aliphatic rings. The summed E-state index contributed by atoms with van der Waals surface area (Å²) < 4.78 is 0. The van der Waals surface area contributed by atoms with E-state index in [2.05, 4.69) is 6.58 Å². The van der Waals surface area contributed by atoms with Crippen LogP contribution in [0.25, 0.3) is 0 Å². The van der Waals surface area contributed by atoms with Gasteiger partial charge >= 0.3 is 11.7 Å². The van der Waals surface area contributed by atoms with Gasteiger partial charge in [-0.1, -0.05) is 0 Å². The maximum Gasteiger partial charge on any atom is 0.484 e. The molecule has 7 heteroatoms. The van der Waals surface area contributed by atoms with E-state index in [1.807, 2.05) is 0 Å². The fourth-order valence-electron chi connectivity index (χ4n) is 0.297. The van der Waals surface area contributed by atoms with Gasteiger partial charge in [0, 0.05) is 0 Å². The molecule has 0 aliphatic heterocycles. The molecule has 0 spiro atoms. The van der Waals surface area contributed by atoms with Crippen molar-refractivity contribution in [3.8, 4) is 6.07 Å². The van der Waals surface area contributed by atoms with Crippen LogP contribution in [0, 0.1) is 37.6 Å². The van der Waals surface area contributed by atoms with Crippen molar-refractivity contribution in [1.29, 1.82) is 5.26 Å². The lowest BCUT2D eigenvalue weighted by Crippen LogP contribution is -2.15. The van der Waals surface area contributed by atoms with Crippen molar-refractivity contribution in [2.45, 2.75) is 0 Å². The van der Waals surface area contributed by atoms with Gasteiger partial charge in [0.1, 0.15) is 0 Å². The van der Waals surface area contributed by atoms with Crippen LogP contribution in [0.4, 0.5) is 0 Å². The molecule has 0 unspecified atom stereocenters. The van der Waals surface area contributed by atoms with Crippen LogP contribution < -0.4 is 0 Å². The predicted octanol–water partition coefficient (Wildman–Crippen LogP) is 0.109. The second-order valence-electron chi connectivity index (χ2n) is 1.42. The Morgan fingerprint density at radius 1 is 1.36 bits per heavy atom. The molecular weight excluding hydrogens is 154 g/mol. The molecule has 0 aromatic rings. The van der Waals surface area contributed by atoms with Crippen molar-refractivity contribution >= 4 is 0 Å². The first kappa shape index (κ1) is 9.03. The van der Waals surface area contributed by atoms with Crippen molar-refractivity contribution < 1.29 is 9.85 Å². The Labute approximate surface area is 60.8 Å². The largest absolute Gasteiger partial charge is 0.484 e. The van der Waals surface area contributed by atoms with E-state index in [-0.39, 0.29) is 0 Å². The Kier molecular flexibility index (Phi) is 2.68. The van der Waals surface area contributed by atoms with E-state index in [1.165, 1.54) is 0 Å². The third-order valence-corrected chi connectivity index (χ3v) is 0.782. The molecule has 0 bridgehead atoms. The summed E-state index contributed by atoms with van der Waals surface area (Å²) in [5.74, 6) is 0. The maximum absolute atomic E-state index is 9.86. The van der Waals surface area contributed by atoms with Gasteiger partial charge in [0.15, 0.2) is 6.07 Å². The molecule has 0 aliphatic carbocycles. The minimum absolute atomic E-state index is 1.00. The molecule has 0 amide bonds. The third-order valence-electron chi connectivity index (χ3n) is 0.782. The Morgan fingerprint density at radius 3 is 1.91 bits per heavy atom. The molecule has 0 saturated heterocycles. The van der Waals surface area contributed by atoms with E-state index >= 15 is 0 Å². The van der Waals surface area contributed by atoms with E-state index in [0.29, 0.717) is 0 Å². The Morgan fingerprint density at radius 2 is 1.82 bits per heavy atom. The second kappa shape index (κ2) is 3.26. The monoisotopic (exact) mass is 156 g/mol. The highest BCUT2D eigenvalue weighted by atomic mass is 16.6. The van der Waals surface area contributed by atoms with Crippen LogP contribution in [-0.4, -0.2) is 9.85 Å².